The molecule has 1 aliphatic carbocycles. The quantitative estimate of drug-likeness (QED) is 0.552. The monoisotopic (exact) mass is 231 g/mol. The normalized spacial score (nSPS) is 23.1. The zero-order chi connectivity index (χ0) is 12.0. The van der Waals surface area contributed by atoms with Gasteiger partial charge in [-0.2, -0.15) is 0 Å². The van der Waals surface area contributed by atoms with Crippen molar-refractivity contribution >= 4 is 0 Å². The molecule has 0 heterocycles. The van der Waals surface area contributed by atoms with Crippen LogP contribution in [0.5, 0.6) is 0 Å². The van der Waals surface area contributed by atoms with Gasteiger partial charge in [-0.3, -0.25) is 0 Å². The molecule has 0 aromatic carbocycles. The highest BCUT2D eigenvalue weighted by molar-refractivity contribution is 4.90. The first-order chi connectivity index (χ1) is 7.70. The van der Waals surface area contributed by atoms with Crippen LogP contribution in [0.3, 0.4) is 0 Å². The molecule has 96 valence electrons. The van der Waals surface area contributed by atoms with E-state index in [2.05, 4.69) is 0 Å². The summed E-state index contributed by atoms with van der Waals surface area (Å²) >= 11 is 0. The predicted octanol–water partition coefficient (Wildman–Crippen LogP) is 1.27. The van der Waals surface area contributed by atoms with Crippen LogP contribution in [0.25, 0.3) is 0 Å². The third kappa shape index (κ3) is 2.94. The van der Waals surface area contributed by atoms with E-state index in [4.69, 9.17) is 15.2 Å². The minimum Gasteiger partial charge on any atom is -0.387 e. The standard InChI is InChI=1S/C12H25NO3/c1-15-11(16-2)10(14)12(9-13)7-5-3-4-6-8-12/h10-11,14H,3-9,13H2,1-2H3. The SMILES string of the molecule is COC(OC)C(O)C1(CN)CCCCCC1. The Kier molecular flexibility index (Phi) is 5.69. The number of ether oxygens (including phenoxy) is 2. The van der Waals surface area contributed by atoms with Crippen LogP contribution < -0.4 is 5.73 Å². The number of hydrogen-bond acceptors (Lipinski definition) is 4. The second-order valence-corrected chi connectivity index (χ2v) is 4.77. The summed E-state index contributed by atoms with van der Waals surface area (Å²) in [7, 11) is 3.11. The molecule has 1 saturated carbocycles. The fraction of sp³-hybridized carbons (Fsp3) is 1.00. The van der Waals surface area contributed by atoms with E-state index >= 15 is 0 Å². The van der Waals surface area contributed by atoms with Gasteiger partial charge in [0.2, 0.25) is 0 Å². The van der Waals surface area contributed by atoms with Crippen LogP contribution in [-0.2, 0) is 9.47 Å². The molecule has 1 aliphatic rings. The Balaban J connectivity index is 2.75. The fourth-order valence-electron chi connectivity index (χ4n) is 2.70. The summed E-state index contributed by atoms with van der Waals surface area (Å²) in [6.45, 7) is 0.497. The minimum absolute atomic E-state index is 0.229. The Morgan fingerprint density at radius 1 is 1.12 bits per heavy atom. The molecule has 0 aromatic heterocycles. The Hall–Kier alpha value is -0.160. The highest BCUT2D eigenvalue weighted by atomic mass is 16.7. The lowest BCUT2D eigenvalue weighted by Gasteiger charge is -2.39. The van der Waals surface area contributed by atoms with Crippen LogP contribution in [0.4, 0.5) is 0 Å². The third-order valence-electron chi connectivity index (χ3n) is 3.86. The molecule has 0 saturated heterocycles. The van der Waals surface area contributed by atoms with Crippen molar-refractivity contribution in [1.29, 1.82) is 0 Å². The second-order valence-electron chi connectivity index (χ2n) is 4.77. The van der Waals surface area contributed by atoms with E-state index in [0.29, 0.717) is 6.54 Å². The van der Waals surface area contributed by atoms with Gasteiger partial charge in [-0.15, -0.1) is 0 Å². The number of nitrogens with two attached hydrogens (primary N) is 1. The molecule has 0 aromatic rings. The zero-order valence-electron chi connectivity index (χ0n) is 10.4. The van der Waals surface area contributed by atoms with Crippen molar-refractivity contribution in [3.05, 3.63) is 0 Å². The van der Waals surface area contributed by atoms with Gasteiger partial charge in [-0.1, -0.05) is 25.7 Å². The Labute approximate surface area is 98.1 Å². The van der Waals surface area contributed by atoms with Crippen LogP contribution in [-0.4, -0.2) is 38.3 Å². The Morgan fingerprint density at radius 3 is 2.00 bits per heavy atom. The second kappa shape index (κ2) is 6.55. The van der Waals surface area contributed by atoms with Crippen molar-refractivity contribution in [2.24, 2.45) is 11.1 Å². The summed E-state index contributed by atoms with van der Waals surface area (Å²) < 4.78 is 10.3. The molecule has 1 unspecified atom stereocenters. The Morgan fingerprint density at radius 2 is 1.62 bits per heavy atom. The van der Waals surface area contributed by atoms with E-state index < -0.39 is 12.4 Å². The lowest BCUT2D eigenvalue weighted by molar-refractivity contribution is -0.199. The van der Waals surface area contributed by atoms with Gasteiger partial charge in [0.05, 0.1) is 0 Å². The van der Waals surface area contributed by atoms with E-state index in [-0.39, 0.29) is 5.41 Å². The lowest BCUT2D eigenvalue weighted by Crippen LogP contribution is -2.49. The van der Waals surface area contributed by atoms with Gasteiger partial charge in [-0.25, -0.2) is 0 Å². The van der Waals surface area contributed by atoms with Gasteiger partial charge < -0.3 is 20.3 Å². The van der Waals surface area contributed by atoms with E-state index in [9.17, 15) is 5.11 Å². The van der Waals surface area contributed by atoms with Crippen molar-refractivity contribution in [2.75, 3.05) is 20.8 Å². The average molecular weight is 231 g/mol. The molecular formula is C12H25NO3. The molecule has 1 fully saturated rings. The molecular weight excluding hydrogens is 206 g/mol. The number of rotatable bonds is 5. The maximum Gasteiger partial charge on any atom is 0.183 e. The highest BCUT2D eigenvalue weighted by Crippen LogP contribution is 2.38. The molecule has 0 spiro atoms. The summed E-state index contributed by atoms with van der Waals surface area (Å²) in [5.74, 6) is 0. The zero-order valence-corrected chi connectivity index (χ0v) is 10.4. The van der Waals surface area contributed by atoms with Crippen LogP contribution >= 0.6 is 0 Å². The van der Waals surface area contributed by atoms with E-state index in [1.165, 1.54) is 12.8 Å². The minimum atomic E-state index is -0.634. The maximum absolute atomic E-state index is 10.4. The average Bonchev–Trinajstić information content (AvgIpc) is 2.56. The van der Waals surface area contributed by atoms with Gasteiger partial charge in [0, 0.05) is 26.2 Å². The molecule has 0 aliphatic heterocycles. The van der Waals surface area contributed by atoms with Gasteiger partial charge in [0.25, 0.3) is 0 Å². The van der Waals surface area contributed by atoms with Gasteiger partial charge in [0.15, 0.2) is 6.29 Å². The highest BCUT2D eigenvalue weighted by Gasteiger charge is 2.41. The van der Waals surface area contributed by atoms with Crippen molar-refractivity contribution in [2.45, 2.75) is 50.9 Å². The van der Waals surface area contributed by atoms with E-state index in [1.54, 1.807) is 14.2 Å². The summed E-state index contributed by atoms with van der Waals surface area (Å²) in [6.07, 6.45) is 5.47. The lowest BCUT2D eigenvalue weighted by atomic mass is 9.75. The first-order valence-corrected chi connectivity index (χ1v) is 6.14. The molecule has 0 amide bonds. The predicted molar refractivity (Wildman–Crippen MR) is 63.0 cm³/mol. The number of hydrogen-bond donors (Lipinski definition) is 2. The van der Waals surface area contributed by atoms with Crippen LogP contribution in [0.2, 0.25) is 0 Å². The topological polar surface area (TPSA) is 64.7 Å². The first kappa shape index (κ1) is 13.9. The summed E-state index contributed by atoms with van der Waals surface area (Å²) in [5.41, 5.74) is 5.66. The summed E-state index contributed by atoms with van der Waals surface area (Å²) in [6, 6.07) is 0. The summed E-state index contributed by atoms with van der Waals surface area (Å²) in [5, 5.41) is 10.4. The summed E-state index contributed by atoms with van der Waals surface area (Å²) in [4.78, 5) is 0. The molecule has 0 radical (unpaired) electrons. The van der Waals surface area contributed by atoms with Crippen LogP contribution in [0.15, 0.2) is 0 Å². The molecule has 4 nitrogen and oxygen atoms in total. The number of aliphatic hydroxyl groups is 1. The van der Waals surface area contributed by atoms with E-state index in [0.717, 1.165) is 25.7 Å². The van der Waals surface area contributed by atoms with Crippen molar-refractivity contribution in [1.82, 2.24) is 0 Å². The number of methoxy groups -OCH3 is 2. The van der Waals surface area contributed by atoms with Gasteiger partial charge in [-0.05, 0) is 12.8 Å². The fourth-order valence-corrected chi connectivity index (χ4v) is 2.70. The van der Waals surface area contributed by atoms with E-state index in [1.807, 2.05) is 0 Å². The first-order valence-electron chi connectivity index (χ1n) is 6.14. The largest absolute Gasteiger partial charge is 0.387 e. The molecule has 3 N–H and O–H groups in total. The van der Waals surface area contributed by atoms with Crippen LogP contribution in [0, 0.1) is 5.41 Å². The smallest absolute Gasteiger partial charge is 0.183 e. The Bertz CT molecular complexity index is 187. The van der Waals surface area contributed by atoms with Crippen molar-refractivity contribution in [3.8, 4) is 0 Å². The molecule has 4 heteroatoms. The molecule has 0 bridgehead atoms. The molecule has 16 heavy (non-hydrogen) atoms. The van der Waals surface area contributed by atoms with Crippen molar-refractivity contribution < 1.29 is 14.6 Å². The van der Waals surface area contributed by atoms with Crippen LogP contribution in [0.1, 0.15) is 38.5 Å². The third-order valence-corrected chi connectivity index (χ3v) is 3.86. The van der Waals surface area contributed by atoms with Crippen molar-refractivity contribution in [3.63, 3.8) is 0 Å². The van der Waals surface area contributed by atoms with Gasteiger partial charge in [0.1, 0.15) is 6.10 Å². The molecule has 1 atom stereocenters. The van der Waals surface area contributed by atoms with Gasteiger partial charge >= 0.3 is 0 Å². The number of aliphatic hydroxyl groups excluding tert-OH is 1. The maximum atomic E-state index is 10.4. The molecule has 1 rings (SSSR count).